The van der Waals surface area contributed by atoms with Crippen molar-refractivity contribution in [1.29, 1.82) is 0 Å². The largest absolute Gasteiger partial charge is 0.370 e. The Balaban J connectivity index is 1.77. The van der Waals surface area contributed by atoms with Gasteiger partial charge in [0, 0.05) is 29.7 Å². The van der Waals surface area contributed by atoms with Crippen molar-refractivity contribution in [2.75, 3.05) is 24.7 Å². The van der Waals surface area contributed by atoms with E-state index in [4.69, 9.17) is 11.6 Å². The van der Waals surface area contributed by atoms with E-state index in [9.17, 15) is 8.42 Å². The second-order valence-electron chi connectivity index (χ2n) is 6.03. The highest BCUT2D eigenvalue weighted by Crippen LogP contribution is 2.30. The Morgan fingerprint density at radius 1 is 1.22 bits per heavy atom. The van der Waals surface area contributed by atoms with Crippen LogP contribution in [0, 0.1) is 0 Å². The number of nitrogens with one attached hydrogen (secondary N) is 2. The number of anilines is 1. The number of rotatable bonds is 8. The molecule has 2 N–H and O–H groups in total. The molecule has 0 atom stereocenters. The van der Waals surface area contributed by atoms with Crippen LogP contribution in [-0.4, -0.2) is 42.4 Å². The molecule has 2 heterocycles. The Bertz CT molecular complexity index is 1050. The normalized spacial score (nSPS) is 11.8. The predicted molar refractivity (Wildman–Crippen MR) is 112 cm³/mol. The van der Waals surface area contributed by atoms with Crippen molar-refractivity contribution in [3.05, 3.63) is 46.0 Å². The lowest BCUT2D eigenvalue weighted by atomic mass is 10.1. The molecule has 0 unspecified atom stereocenters. The summed E-state index contributed by atoms with van der Waals surface area (Å²) < 4.78 is 27.1. The van der Waals surface area contributed by atoms with E-state index < -0.39 is 10.0 Å². The number of aromatic nitrogens is 3. The van der Waals surface area contributed by atoms with E-state index in [2.05, 4.69) is 36.1 Å². The molecular weight excluding hydrogens is 454 g/mol. The maximum Gasteiger partial charge on any atom is 0.208 e. The van der Waals surface area contributed by atoms with Gasteiger partial charge in [0.05, 0.1) is 22.6 Å². The Morgan fingerprint density at radius 2 is 1.96 bits per heavy atom. The molecule has 0 aliphatic carbocycles. The summed E-state index contributed by atoms with van der Waals surface area (Å²) in [6.45, 7) is 1.09. The summed E-state index contributed by atoms with van der Waals surface area (Å²) >= 11 is 9.80. The van der Waals surface area contributed by atoms with Crippen molar-refractivity contribution in [3.63, 3.8) is 0 Å². The lowest BCUT2D eigenvalue weighted by Crippen LogP contribution is -2.23. The molecule has 144 valence electrons. The molecular formula is C17H19BrClN5O2S. The zero-order valence-corrected chi connectivity index (χ0v) is 17.8. The van der Waals surface area contributed by atoms with Crippen molar-refractivity contribution in [2.24, 2.45) is 0 Å². The summed E-state index contributed by atoms with van der Waals surface area (Å²) in [6.07, 6.45) is 4.38. The monoisotopic (exact) mass is 471 g/mol. The molecule has 27 heavy (non-hydrogen) atoms. The van der Waals surface area contributed by atoms with Gasteiger partial charge in [-0.15, -0.1) is 0 Å². The zero-order chi connectivity index (χ0) is 19.4. The Labute approximate surface area is 171 Å². The van der Waals surface area contributed by atoms with Gasteiger partial charge >= 0.3 is 0 Å². The molecule has 3 aromatic rings. The van der Waals surface area contributed by atoms with E-state index in [1.165, 1.54) is 0 Å². The number of hydrogen-bond donors (Lipinski definition) is 2. The van der Waals surface area contributed by atoms with Gasteiger partial charge < -0.3 is 5.32 Å². The van der Waals surface area contributed by atoms with Gasteiger partial charge in [-0.3, -0.25) is 0 Å². The molecule has 0 fully saturated rings. The Kier molecular flexibility index (Phi) is 6.36. The molecule has 0 amide bonds. The second-order valence-corrected chi connectivity index (χ2v) is 9.13. The minimum atomic E-state index is -3.14. The van der Waals surface area contributed by atoms with Crippen LogP contribution in [0.1, 0.15) is 12.8 Å². The third-order valence-electron chi connectivity index (χ3n) is 3.85. The van der Waals surface area contributed by atoms with Crippen LogP contribution in [0.25, 0.3) is 16.9 Å². The summed E-state index contributed by atoms with van der Waals surface area (Å²) in [5.41, 5.74) is 2.28. The highest BCUT2D eigenvalue weighted by Gasteiger charge is 2.13. The maximum atomic E-state index is 11.1. The fraction of sp³-hybridized carbons (Fsp3) is 0.294. The molecule has 0 aliphatic heterocycles. The van der Waals surface area contributed by atoms with Crippen LogP contribution in [0.2, 0.25) is 5.02 Å². The number of benzene rings is 1. The van der Waals surface area contributed by atoms with E-state index >= 15 is 0 Å². The molecule has 2 aromatic heterocycles. The summed E-state index contributed by atoms with van der Waals surface area (Å²) in [6, 6.07) is 9.45. The van der Waals surface area contributed by atoms with Gasteiger partial charge in [0.15, 0.2) is 5.65 Å². The van der Waals surface area contributed by atoms with Crippen LogP contribution < -0.4 is 10.0 Å². The van der Waals surface area contributed by atoms with Gasteiger partial charge in [0.1, 0.15) is 5.82 Å². The average Bonchev–Trinajstić information content (AvgIpc) is 2.98. The van der Waals surface area contributed by atoms with Crippen molar-refractivity contribution in [1.82, 2.24) is 19.3 Å². The lowest BCUT2D eigenvalue weighted by molar-refractivity contribution is 0.583. The fourth-order valence-corrected chi connectivity index (χ4v) is 3.69. The molecule has 0 aliphatic rings. The van der Waals surface area contributed by atoms with Crippen LogP contribution in [0.3, 0.4) is 0 Å². The quantitative estimate of drug-likeness (QED) is 0.490. The Morgan fingerprint density at radius 3 is 2.70 bits per heavy atom. The molecule has 0 bridgehead atoms. The maximum absolute atomic E-state index is 11.1. The van der Waals surface area contributed by atoms with Crippen LogP contribution in [0.5, 0.6) is 0 Å². The third-order valence-corrected chi connectivity index (χ3v) is 5.47. The van der Waals surface area contributed by atoms with E-state index in [0.29, 0.717) is 23.8 Å². The number of fused-ring (bicyclic) bond motifs is 1. The van der Waals surface area contributed by atoms with Crippen molar-refractivity contribution in [3.8, 4) is 11.3 Å². The van der Waals surface area contributed by atoms with Crippen molar-refractivity contribution >= 4 is 49.0 Å². The minimum Gasteiger partial charge on any atom is -0.370 e. The van der Waals surface area contributed by atoms with Gasteiger partial charge in [-0.1, -0.05) is 29.8 Å². The van der Waals surface area contributed by atoms with E-state index in [-0.39, 0.29) is 0 Å². The van der Waals surface area contributed by atoms with Crippen LogP contribution in [-0.2, 0) is 10.0 Å². The molecule has 3 rings (SSSR count). The third kappa shape index (κ3) is 5.19. The number of sulfonamides is 1. The van der Waals surface area contributed by atoms with Crippen LogP contribution in [0.4, 0.5) is 5.82 Å². The minimum absolute atomic E-state index is 0.421. The van der Waals surface area contributed by atoms with Gasteiger partial charge in [0.2, 0.25) is 10.0 Å². The molecule has 0 saturated carbocycles. The number of hydrogen-bond acceptors (Lipinski definition) is 5. The molecule has 0 spiro atoms. The summed E-state index contributed by atoms with van der Waals surface area (Å²) in [4.78, 5) is 4.66. The van der Waals surface area contributed by atoms with E-state index in [1.54, 1.807) is 10.7 Å². The van der Waals surface area contributed by atoms with Gasteiger partial charge in [-0.25, -0.2) is 18.1 Å². The first-order valence-electron chi connectivity index (χ1n) is 8.33. The standard InChI is InChI=1S/C17H19BrClN5O2S/c1-27(25,26)22-9-5-4-8-20-16-10-15(12-6-2-3-7-14(12)19)23-17-13(18)11-21-24(16)17/h2-3,6-7,10-11,20,22H,4-5,8-9H2,1H3. The summed E-state index contributed by atoms with van der Waals surface area (Å²) in [5, 5.41) is 8.32. The summed E-state index contributed by atoms with van der Waals surface area (Å²) in [7, 11) is -3.14. The second kappa shape index (κ2) is 8.55. The molecule has 1 aromatic carbocycles. The SMILES string of the molecule is CS(=O)(=O)NCCCCNc1cc(-c2ccccc2Cl)nc2c(Br)cnn12. The fourth-order valence-electron chi connectivity index (χ4n) is 2.59. The highest BCUT2D eigenvalue weighted by atomic mass is 79.9. The van der Waals surface area contributed by atoms with Gasteiger partial charge in [-0.2, -0.15) is 9.61 Å². The average molecular weight is 473 g/mol. The van der Waals surface area contributed by atoms with Crippen molar-refractivity contribution in [2.45, 2.75) is 12.8 Å². The van der Waals surface area contributed by atoms with Gasteiger partial charge in [0.25, 0.3) is 0 Å². The first kappa shape index (κ1) is 20.1. The molecule has 0 radical (unpaired) electrons. The molecule has 10 heteroatoms. The van der Waals surface area contributed by atoms with E-state index in [1.807, 2.05) is 30.3 Å². The summed E-state index contributed by atoms with van der Waals surface area (Å²) in [5.74, 6) is 0.789. The number of halogens is 2. The van der Waals surface area contributed by atoms with Gasteiger partial charge in [-0.05, 0) is 34.8 Å². The highest BCUT2D eigenvalue weighted by molar-refractivity contribution is 9.10. The van der Waals surface area contributed by atoms with Crippen LogP contribution in [0.15, 0.2) is 41.0 Å². The van der Waals surface area contributed by atoms with Crippen molar-refractivity contribution < 1.29 is 8.42 Å². The first-order valence-corrected chi connectivity index (χ1v) is 11.4. The number of nitrogens with zero attached hydrogens (tertiary/aromatic N) is 3. The predicted octanol–water partition coefficient (Wildman–Crippen LogP) is 3.55. The first-order chi connectivity index (χ1) is 12.8. The number of unbranched alkanes of at least 4 members (excludes halogenated alkanes) is 1. The topological polar surface area (TPSA) is 88.4 Å². The lowest BCUT2D eigenvalue weighted by Gasteiger charge is -2.11. The molecule has 7 nitrogen and oxygen atoms in total. The van der Waals surface area contributed by atoms with E-state index in [0.717, 1.165) is 40.6 Å². The smallest absolute Gasteiger partial charge is 0.208 e. The zero-order valence-electron chi connectivity index (χ0n) is 14.6. The van der Waals surface area contributed by atoms with Crippen LogP contribution >= 0.6 is 27.5 Å². The molecule has 0 saturated heterocycles. The Hall–Kier alpha value is -1.68.